The van der Waals surface area contributed by atoms with E-state index in [1.165, 1.54) is 0 Å². The first-order valence-electron chi connectivity index (χ1n) is 9.53. The molecule has 0 spiro atoms. The highest BCUT2D eigenvalue weighted by Gasteiger charge is 2.07. The van der Waals surface area contributed by atoms with Gasteiger partial charge in [0.15, 0.2) is 0 Å². The molecule has 2 heterocycles. The minimum Gasteiger partial charge on any atom is -0.491 e. The molecule has 0 aliphatic heterocycles. The first-order chi connectivity index (χ1) is 14.2. The van der Waals surface area contributed by atoms with Crippen LogP contribution in [0.3, 0.4) is 0 Å². The van der Waals surface area contributed by atoms with Crippen LogP contribution in [0.15, 0.2) is 48.8 Å². The molecular weight excluding hydrogens is 368 g/mol. The summed E-state index contributed by atoms with van der Waals surface area (Å²) in [6.07, 6.45) is 1.56. The van der Waals surface area contributed by atoms with E-state index in [-0.39, 0.29) is 0 Å². The van der Waals surface area contributed by atoms with Crippen molar-refractivity contribution in [3.8, 4) is 5.75 Å². The molecule has 2 N–H and O–H groups in total. The number of hydrogen-bond donors (Lipinski definition) is 2. The zero-order valence-corrected chi connectivity index (χ0v) is 16.6. The van der Waals surface area contributed by atoms with Gasteiger partial charge in [-0.3, -0.25) is 0 Å². The monoisotopic (exact) mass is 392 g/mol. The fourth-order valence-corrected chi connectivity index (χ4v) is 3.18. The van der Waals surface area contributed by atoms with Gasteiger partial charge in [-0.2, -0.15) is 0 Å². The van der Waals surface area contributed by atoms with Crippen molar-refractivity contribution in [2.45, 2.75) is 6.92 Å². The van der Waals surface area contributed by atoms with Crippen molar-refractivity contribution in [1.29, 1.82) is 0 Å². The molecule has 0 unspecified atom stereocenters. The van der Waals surface area contributed by atoms with Gasteiger partial charge in [-0.1, -0.05) is 0 Å². The van der Waals surface area contributed by atoms with Crippen molar-refractivity contribution in [2.24, 2.45) is 0 Å². The molecule has 2 aromatic heterocycles. The van der Waals surface area contributed by atoms with Crippen molar-refractivity contribution < 1.29 is 14.2 Å². The van der Waals surface area contributed by atoms with Crippen LogP contribution in [0.1, 0.15) is 5.69 Å². The van der Waals surface area contributed by atoms with Gasteiger partial charge in [-0.25, -0.2) is 9.97 Å². The Labute approximate surface area is 169 Å². The van der Waals surface area contributed by atoms with Crippen LogP contribution in [0, 0.1) is 6.92 Å². The van der Waals surface area contributed by atoms with E-state index < -0.39 is 0 Å². The summed E-state index contributed by atoms with van der Waals surface area (Å²) >= 11 is 0. The zero-order valence-electron chi connectivity index (χ0n) is 16.6. The number of benzene rings is 2. The average Bonchev–Trinajstić information content (AvgIpc) is 3.10. The SMILES string of the molecule is COCCOCCOc1ccc2c(Nc3ccc4[nH]c(C)cc4c3)ncnc2c1. The Bertz CT molecular complexity index is 1110. The molecule has 0 radical (unpaired) electrons. The van der Waals surface area contributed by atoms with Gasteiger partial charge in [-0.15, -0.1) is 0 Å². The predicted octanol–water partition coefficient (Wildman–Crippen LogP) is 4.20. The van der Waals surface area contributed by atoms with Crippen LogP contribution in [0.2, 0.25) is 0 Å². The molecule has 4 rings (SSSR count). The second kappa shape index (κ2) is 8.89. The van der Waals surface area contributed by atoms with Crippen LogP contribution in [-0.2, 0) is 9.47 Å². The number of ether oxygens (including phenoxy) is 3. The molecule has 7 nitrogen and oxygen atoms in total. The molecule has 0 amide bonds. The summed E-state index contributed by atoms with van der Waals surface area (Å²) in [5.74, 6) is 1.51. The molecule has 0 fully saturated rings. The van der Waals surface area contributed by atoms with Gasteiger partial charge in [0.1, 0.15) is 24.5 Å². The Kier molecular flexibility index (Phi) is 5.88. The van der Waals surface area contributed by atoms with Gasteiger partial charge in [0.2, 0.25) is 0 Å². The summed E-state index contributed by atoms with van der Waals surface area (Å²) in [5, 5.41) is 5.50. The number of hydrogen-bond acceptors (Lipinski definition) is 6. The van der Waals surface area contributed by atoms with Crippen molar-refractivity contribution in [3.63, 3.8) is 0 Å². The van der Waals surface area contributed by atoms with Crippen LogP contribution in [0.25, 0.3) is 21.8 Å². The Morgan fingerprint density at radius 3 is 2.76 bits per heavy atom. The summed E-state index contributed by atoms with van der Waals surface area (Å²) in [7, 11) is 1.65. The lowest BCUT2D eigenvalue weighted by atomic mass is 10.2. The first kappa shape index (κ1) is 19.2. The third kappa shape index (κ3) is 4.64. The third-order valence-electron chi connectivity index (χ3n) is 4.55. The lowest BCUT2D eigenvalue weighted by Crippen LogP contribution is -2.10. The van der Waals surface area contributed by atoms with E-state index >= 15 is 0 Å². The lowest BCUT2D eigenvalue weighted by Gasteiger charge is -2.11. The Morgan fingerprint density at radius 1 is 0.966 bits per heavy atom. The highest BCUT2D eigenvalue weighted by Crippen LogP contribution is 2.27. The maximum absolute atomic E-state index is 5.75. The average molecular weight is 392 g/mol. The molecule has 7 heteroatoms. The molecule has 4 aromatic rings. The van der Waals surface area contributed by atoms with Gasteiger partial charge in [0, 0.05) is 40.8 Å². The summed E-state index contributed by atoms with van der Waals surface area (Å²) in [6.45, 7) is 4.18. The number of nitrogens with zero attached hydrogens (tertiary/aromatic N) is 2. The van der Waals surface area contributed by atoms with Crippen LogP contribution in [0.4, 0.5) is 11.5 Å². The Morgan fingerprint density at radius 2 is 1.86 bits per heavy atom. The Balaban J connectivity index is 1.47. The zero-order chi connectivity index (χ0) is 20.1. The summed E-state index contributed by atoms with van der Waals surface area (Å²) in [5.41, 5.74) is 4.05. The third-order valence-corrected chi connectivity index (χ3v) is 4.55. The van der Waals surface area contributed by atoms with Crippen molar-refractivity contribution in [2.75, 3.05) is 38.9 Å². The first-order valence-corrected chi connectivity index (χ1v) is 9.53. The second-order valence-corrected chi connectivity index (χ2v) is 6.73. The Hall–Kier alpha value is -3.16. The van der Waals surface area contributed by atoms with Gasteiger partial charge in [0.05, 0.1) is 25.3 Å². The minimum absolute atomic E-state index is 0.474. The number of aromatic amines is 1. The molecule has 0 atom stereocenters. The molecule has 0 aliphatic carbocycles. The largest absolute Gasteiger partial charge is 0.491 e. The number of rotatable bonds is 9. The molecule has 0 saturated heterocycles. The van der Waals surface area contributed by atoms with E-state index in [9.17, 15) is 0 Å². The van der Waals surface area contributed by atoms with E-state index in [0.29, 0.717) is 26.4 Å². The van der Waals surface area contributed by atoms with Gasteiger partial charge >= 0.3 is 0 Å². The molecule has 0 bridgehead atoms. The van der Waals surface area contributed by atoms with E-state index in [1.54, 1.807) is 13.4 Å². The number of aryl methyl sites for hydroxylation is 1. The van der Waals surface area contributed by atoms with Crippen LogP contribution in [-0.4, -0.2) is 48.5 Å². The maximum Gasteiger partial charge on any atom is 0.141 e. The van der Waals surface area contributed by atoms with Crippen LogP contribution >= 0.6 is 0 Å². The number of methoxy groups -OCH3 is 1. The number of nitrogens with one attached hydrogen (secondary N) is 2. The summed E-state index contributed by atoms with van der Waals surface area (Å²) < 4.78 is 16.1. The summed E-state index contributed by atoms with van der Waals surface area (Å²) in [6, 6.07) is 14.1. The van der Waals surface area contributed by atoms with E-state index in [2.05, 4.69) is 45.4 Å². The van der Waals surface area contributed by atoms with Crippen LogP contribution < -0.4 is 10.1 Å². The van der Waals surface area contributed by atoms with Crippen molar-refractivity contribution in [3.05, 3.63) is 54.5 Å². The number of aromatic nitrogens is 3. The minimum atomic E-state index is 0.474. The van der Waals surface area contributed by atoms with Crippen LogP contribution in [0.5, 0.6) is 5.75 Å². The number of fused-ring (bicyclic) bond motifs is 2. The van der Waals surface area contributed by atoms with Gasteiger partial charge in [0.25, 0.3) is 0 Å². The normalized spacial score (nSPS) is 11.2. The topological polar surface area (TPSA) is 81.3 Å². The molecule has 0 aliphatic rings. The smallest absolute Gasteiger partial charge is 0.141 e. The van der Waals surface area contributed by atoms with E-state index in [4.69, 9.17) is 14.2 Å². The lowest BCUT2D eigenvalue weighted by molar-refractivity contribution is 0.0544. The summed E-state index contributed by atoms with van der Waals surface area (Å²) in [4.78, 5) is 12.1. The van der Waals surface area contributed by atoms with Gasteiger partial charge < -0.3 is 24.5 Å². The fraction of sp³-hybridized carbons (Fsp3) is 0.273. The van der Waals surface area contributed by atoms with E-state index in [1.807, 2.05) is 24.3 Å². The molecule has 150 valence electrons. The molecular formula is C22H24N4O3. The quantitative estimate of drug-likeness (QED) is 0.416. The molecule has 2 aromatic carbocycles. The molecule has 0 saturated carbocycles. The highest BCUT2D eigenvalue weighted by molar-refractivity contribution is 5.92. The van der Waals surface area contributed by atoms with Crippen molar-refractivity contribution >= 4 is 33.3 Å². The number of anilines is 2. The molecule has 29 heavy (non-hydrogen) atoms. The second-order valence-electron chi connectivity index (χ2n) is 6.73. The van der Waals surface area contributed by atoms with Gasteiger partial charge in [-0.05, 0) is 43.3 Å². The maximum atomic E-state index is 5.75. The standard InChI is InChI=1S/C22H24N4O3/c1-15-11-16-12-17(3-6-20(16)25-15)26-22-19-5-4-18(13-21(19)23-14-24-22)29-10-9-28-8-7-27-2/h3-6,11-14,25H,7-10H2,1-2H3,(H,23,24,26). The van der Waals surface area contributed by atoms with E-state index in [0.717, 1.165) is 44.8 Å². The predicted molar refractivity (Wildman–Crippen MR) is 114 cm³/mol. The number of H-pyrrole nitrogens is 1. The highest BCUT2D eigenvalue weighted by atomic mass is 16.5. The van der Waals surface area contributed by atoms with Crippen molar-refractivity contribution in [1.82, 2.24) is 15.0 Å². The fourth-order valence-electron chi connectivity index (χ4n) is 3.18.